The van der Waals surface area contributed by atoms with Crippen LogP contribution in [0.1, 0.15) is 5.82 Å². The molecule has 0 atom stereocenters. The summed E-state index contributed by atoms with van der Waals surface area (Å²) >= 11 is 1.23. The van der Waals surface area contributed by atoms with Crippen molar-refractivity contribution in [2.75, 3.05) is 11.1 Å². The SMILES string of the molecule is NS(=O)(=O)c1ccc(NC(=O)CSc2nnc(COc3ccccc3)n2-c2ccccc2)cc1. The van der Waals surface area contributed by atoms with Gasteiger partial charge in [0.05, 0.1) is 10.6 Å². The van der Waals surface area contributed by atoms with Crippen molar-refractivity contribution in [1.82, 2.24) is 14.8 Å². The second kappa shape index (κ2) is 10.5. The van der Waals surface area contributed by atoms with Crippen molar-refractivity contribution in [1.29, 1.82) is 0 Å². The predicted molar refractivity (Wildman–Crippen MR) is 129 cm³/mol. The highest BCUT2D eigenvalue weighted by Gasteiger charge is 2.17. The van der Waals surface area contributed by atoms with Gasteiger partial charge >= 0.3 is 0 Å². The van der Waals surface area contributed by atoms with Gasteiger partial charge in [-0.3, -0.25) is 9.36 Å². The molecule has 0 aliphatic rings. The second-order valence-corrected chi connectivity index (χ2v) is 9.58. The van der Waals surface area contributed by atoms with E-state index < -0.39 is 10.0 Å². The molecule has 174 valence electrons. The number of ether oxygens (including phenoxy) is 1. The number of amides is 1. The highest BCUT2D eigenvalue weighted by Crippen LogP contribution is 2.23. The number of nitrogens with two attached hydrogens (primary N) is 1. The Hall–Kier alpha value is -3.67. The number of rotatable bonds is 9. The molecule has 4 rings (SSSR count). The molecule has 1 heterocycles. The third-order valence-electron chi connectivity index (χ3n) is 4.62. The fraction of sp³-hybridized carbons (Fsp3) is 0.0870. The molecule has 1 aromatic heterocycles. The molecule has 0 saturated carbocycles. The van der Waals surface area contributed by atoms with Crippen LogP contribution in [-0.4, -0.2) is 34.8 Å². The van der Waals surface area contributed by atoms with Crippen molar-refractivity contribution in [2.24, 2.45) is 5.14 Å². The van der Waals surface area contributed by atoms with Gasteiger partial charge in [0.25, 0.3) is 0 Å². The standard InChI is InChI=1S/C23H21N5O4S2/c24-34(30,31)20-13-11-17(12-14-20)25-22(29)16-33-23-27-26-21(15-32-19-9-5-2-6-10-19)28(23)18-7-3-1-4-8-18/h1-14H,15-16H2,(H,25,29)(H2,24,30,31). The lowest BCUT2D eigenvalue weighted by Crippen LogP contribution is -2.15. The third kappa shape index (κ3) is 6.01. The molecule has 4 aromatic rings. The fourth-order valence-corrected chi connectivity index (χ4v) is 4.33. The zero-order valence-electron chi connectivity index (χ0n) is 17.9. The predicted octanol–water partition coefficient (Wildman–Crippen LogP) is 3.22. The monoisotopic (exact) mass is 495 g/mol. The number of thioether (sulfide) groups is 1. The van der Waals surface area contributed by atoms with Crippen molar-refractivity contribution in [3.63, 3.8) is 0 Å². The topological polar surface area (TPSA) is 129 Å². The fourth-order valence-electron chi connectivity index (χ4n) is 3.04. The number of aromatic nitrogens is 3. The van der Waals surface area contributed by atoms with Crippen LogP contribution in [0.2, 0.25) is 0 Å². The number of benzene rings is 3. The van der Waals surface area contributed by atoms with Gasteiger partial charge in [-0.05, 0) is 48.5 Å². The summed E-state index contributed by atoms with van der Waals surface area (Å²) in [7, 11) is -3.79. The first-order valence-electron chi connectivity index (χ1n) is 10.1. The Morgan fingerprint density at radius 2 is 1.59 bits per heavy atom. The molecule has 0 aliphatic carbocycles. The van der Waals surface area contributed by atoms with Crippen molar-refractivity contribution < 1.29 is 17.9 Å². The average molecular weight is 496 g/mol. The lowest BCUT2D eigenvalue weighted by atomic mass is 10.3. The highest BCUT2D eigenvalue weighted by molar-refractivity contribution is 7.99. The van der Waals surface area contributed by atoms with E-state index in [9.17, 15) is 13.2 Å². The van der Waals surface area contributed by atoms with E-state index in [1.807, 2.05) is 65.2 Å². The molecule has 0 spiro atoms. The first kappa shape index (κ1) is 23.5. The van der Waals surface area contributed by atoms with Crippen molar-refractivity contribution in [3.05, 3.63) is 90.8 Å². The molecule has 0 saturated heterocycles. The Balaban J connectivity index is 1.45. The summed E-state index contributed by atoms with van der Waals surface area (Å²) in [6.45, 7) is 0.203. The smallest absolute Gasteiger partial charge is 0.238 e. The van der Waals surface area contributed by atoms with E-state index in [0.717, 1.165) is 5.69 Å². The molecule has 0 unspecified atom stereocenters. The zero-order chi connectivity index (χ0) is 24.0. The number of nitrogens with zero attached hydrogens (tertiary/aromatic N) is 3. The van der Waals surface area contributed by atoms with Crippen LogP contribution in [0, 0.1) is 0 Å². The summed E-state index contributed by atoms with van der Waals surface area (Å²) in [6.07, 6.45) is 0. The molecule has 0 radical (unpaired) electrons. The van der Waals surface area contributed by atoms with Gasteiger partial charge in [0, 0.05) is 11.4 Å². The van der Waals surface area contributed by atoms with Crippen LogP contribution in [0.3, 0.4) is 0 Å². The van der Waals surface area contributed by atoms with Gasteiger partial charge < -0.3 is 10.1 Å². The Kier molecular flexibility index (Phi) is 7.26. The van der Waals surface area contributed by atoms with Crippen LogP contribution in [0.15, 0.2) is 95.0 Å². The van der Waals surface area contributed by atoms with Crippen molar-refractivity contribution in [2.45, 2.75) is 16.7 Å². The van der Waals surface area contributed by atoms with Crippen LogP contribution in [0.25, 0.3) is 5.69 Å². The molecule has 1 amide bonds. The second-order valence-electron chi connectivity index (χ2n) is 7.08. The molecular formula is C23H21N5O4S2. The normalized spacial score (nSPS) is 11.2. The largest absolute Gasteiger partial charge is 0.486 e. The lowest BCUT2D eigenvalue weighted by molar-refractivity contribution is -0.113. The van der Waals surface area contributed by atoms with Crippen molar-refractivity contribution >= 4 is 33.4 Å². The first-order chi connectivity index (χ1) is 16.4. The van der Waals surface area contributed by atoms with E-state index in [1.165, 1.54) is 36.0 Å². The Bertz CT molecular complexity index is 1360. The van der Waals surface area contributed by atoms with E-state index in [0.29, 0.717) is 22.4 Å². The van der Waals surface area contributed by atoms with Gasteiger partial charge in [-0.15, -0.1) is 10.2 Å². The molecule has 0 aliphatic heterocycles. The van der Waals surface area contributed by atoms with Crippen LogP contribution >= 0.6 is 11.8 Å². The Morgan fingerprint density at radius 1 is 0.941 bits per heavy atom. The molecule has 3 N–H and O–H groups in total. The molecular weight excluding hydrogens is 474 g/mol. The van der Waals surface area contributed by atoms with Crippen LogP contribution in [-0.2, 0) is 21.4 Å². The first-order valence-corrected chi connectivity index (χ1v) is 12.7. The molecule has 0 bridgehead atoms. The maximum atomic E-state index is 12.5. The Morgan fingerprint density at radius 3 is 2.24 bits per heavy atom. The number of sulfonamides is 1. The minimum Gasteiger partial charge on any atom is -0.486 e. The van der Waals surface area contributed by atoms with E-state index in [2.05, 4.69) is 15.5 Å². The van der Waals surface area contributed by atoms with Gasteiger partial charge in [0.2, 0.25) is 15.9 Å². The lowest BCUT2D eigenvalue weighted by Gasteiger charge is -2.11. The van der Waals surface area contributed by atoms with E-state index in [-0.39, 0.29) is 23.2 Å². The maximum Gasteiger partial charge on any atom is 0.238 e. The van der Waals surface area contributed by atoms with Gasteiger partial charge in [-0.25, -0.2) is 13.6 Å². The van der Waals surface area contributed by atoms with Gasteiger partial charge in [-0.2, -0.15) is 0 Å². The summed E-state index contributed by atoms with van der Waals surface area (Å²) < 4.78 is 30.4. The number of hydrogen-bond acceptors (Lipinski definition) is 7. The van der Waals surface area contributed by atoms with E-state index >= 15 is 0 Å². The van der Waals surface area contributed by atoms with E-state index in [1.54, 1.807) is 0 Å². The molecule has 0 fully saturated rings. The van der Waals surface area contributed by atoms with Gasteiger partial charge in [0.1, 0.15) is 12.4 Å². The summed E-state index contributed by atoms with van der Waals surface area (Å²) in [5.41, 5.74) is 1.31. The summed E-state index contributed by atoms with van der Waals surface area (Å²) in [4.78, 5) is 12.4. The minimum atomic E-state index is -3.79. The molecule has 9 nitrogen and oxygen atoms in total. The average Bonchev–Trinajstić information content (AvgIpc) is 3.25. The highest BCUT2D eigenvalue weighted by atomic mass is 32.2. The quantitative estimate of drug-likeness (QED) is 0.341. The third-order valence-corrected chi connectivity index (χ3v) is 6.48. The van der Waals surface area contributed by atoms with Crippen LogP contribution in [0.4, 0.5) is 5.69 Å². The van der Waals surface area contributed by atoms with E-state index in [4.69, 9.17) is 9.88 Å². The maximum absolute atomic E-state index is 12.5. The molecule has 11 heteroatoms. The van der Waals surface area contributed by atoms with Crippen molar-refractivity contribution in [3.8, 4) is 11.4 Å². The number of anilines is 1. The number of nitrogens with one attached hydrogen (secondary N) is 1. The summed E-state index contributed by atoms with van der Waals surface area (Å²) in [5, 5.41) is 16.9. The van der Waals surface area contributed by atoms with Crippen LogP contribution < -0.4 is 15.2 Å². The Labute approximate surface area is 201 Å². The van der Waals surface area contributed by atoms with Gasteiger partial charge in [0.15, 0.2) is 11.0 Å². The molecule has 3 aromatic carbocycles. The number of para-hydroxylation sites is 2. The zero-order valence-corrected chi connectivity index (χ0v) is 19.5. The number of primary sulfonamides is 1. The number of carbonyl (C=O) groups is 1. The number of carbonyl (C=O) groups excluding carboxylic acids is 1. The number of hydrogen-bond donors (Lipinski definition) is 2. The molecule has 34 heavy (non-hydrogen) atoms. The minimum absolute atomic E-state index is 0.0268. The van der Waals surface area contributed by atoms with Crippen LogP contribution in [0.5, 0.6) is 5.75 Å². The summed E-state index contributed by atoms with van der Waals surface area (Å²) in [6, 6.07) is 24.6. The summed E-state index contributed by atoms with van der Waals surface area (Å²) in [5.74, 6) is 1.10. The van der Waals surface area contributed by atoms with Gasteiger partial charge in [-0.1, -0.05) is 48.2 Å².